The molecule has 0 saturated heterocycles. The standard InChI is InChI=1S/C8H11F3N4/c9-8(10,11)4-6(15-13)5-2-1-3-14-7(5)12/h1-3,6,15H,4,13H2,(H2,12,14). The van der Waals surface area contributed by atoms with Crippen LogP contribution in [0.2, 0.25) is 0 Å². The van der Waals surface area contributed by atoms with E-state index in [9.17, 15) is 13.2 Å². The molecule has 0 aromatic carbocycles. The van der Waals surface area contributed by atoms with E-state index in [1.807, 2.05) is 0 Å². The normalized spacial score (nSPS) is 13.9. The molecule has 1 rings (SSSR count). The maximum Gasteiger partial charge on any atom is 0.390 e. The van der Waals surface area contributed by atoms with Gasteiger partial charge in [0.1, 0.15) is 5.82 Å². The Balaban J connectivity index is 2.88. The number of nitrogens with one attached hydrogen (secondary N) is 1. The molecule has 0 saturated carbocycles. The van der Waals surface area contributed by atoms with Gasteiger partial charge in [-0.15, -0.1) is 0 Å². The van der Waals surface area contributed by atoms with E-state index in [-0.39, 0.29) is 11.4 Å². The molecule has 0 aliphatic rings. The molecule has 7 heteroatoms. The first-order valence-electron chi connectivity index (χ1n) is 4.17. The quantitative estimate of drug-likeness (QED) is 0.527. The van der Waals surface area contributed by atoms with Gasteiger partial charge in [-0.05, 0) is 6.07 Å². The Labute approximate surface area is 84.4 Å². The van der Waals surface area contributed by atoms with Crippen molar-refractivity contribution in [2.24, 2.45) is 5.84 Å². The number of alkyl halides is 3. The number of halogens is 3. The number of nitrogens with two attached hydrogens (primary N) is 2. The Bertz CT molecular complexity index is 326. The smallest absolute Gasteiger partial charge is 0.383 e. The Hall–Kier alpha value is -1.34. The highest BCUT2D eigenvalue weighted by Gasteiger charge is 2.33. The zero-order chi connectivity index (χ0) is 11.5. The molecule has 84 valence electrons. The Kier molecular flexibility index (Phi) is 3.48. The molecule has 0 aliphatic heterocycles. The van der Waals surface area contributed by atoms with Gasteiger partial charge in [0, 0.05) is 11.8 Å². The zero-order valence-corrected chi connectivity index (χ0v) is 7.75. The van der Waals surface area contributed by atoms with Gasteiger partial charge in [0.15, 0.2) is 0 Å². The van der Waals surface area contributed by atoms with E-state index < -0.39 is 18.6 Å². The van der Waals surface area contributed by atoms with E-state index in [2.05, 4.69) is 10.4 Å². The number of rotatable bonds is 3. The first-order valence-corrected chi connectivity index (χ1v) is 4.17. The van der Waals surface area contributed by atoms with Crippen LogP contribution in [0.3, 0.4) is 0 Å². The number of pyridine rings is 1. The second kappa shape index (κ2) is 4.45. The fourth-order valence-corrected chi connectivity index (χ4v) is 1.21. The van der Waals surface area contributed by atoms with Crippen molar-refractivity contribution in [2.45, 2.75) is 18.6 Å². The van der Waals surface area contributed by atoms with Gasteiger partial charge in [-0.2, -0.15) is 13.2 Å². The minimum absolute atomic E-state index is 0.0460. The largest absolute Gasteiger partial charge is 0.390 e. The first-order chi connectivity index (χ1) is 6.94. The number of nitrogens with zero attached hydrogens (tertiary/aromatic N) is 1. The van der Waals surface area contributed by atoms with Gasteiger partial charge in [-0.3, -0.25) is 11.3 Å². The van der Waals surface area contributed by atoms with Gasteiger partial charge in [0.05, 0.1) is 12.5 Å². The third kappa shape index (κ3) is 3.37. The van der Waals surface area contributed by atoms with E-state index >= 15 is 0 Å². The van der Waals surface area contributed by atoms with Crippen LogP contribution >= 0.6 is 0 Å². The van der Waals surface area contributed by atoms with Gasteiger partial charge in [-0.1, -0.05) is 6.07 Å². The highest BCUT2D eigenvalue weighted by atomic mass is 19.4. The third-order valence-electron chi connectivity index (χ3n) is 1.88. The maximum atomic E-state index is 12.2. The van der Waals surface area contributed by atoms with E-state index in [1.165, 1.54) is 18.3 Å². The van der Waals surface area contributed by atoms with Gasteiger partial charge in [0.2, 0.25) is 0 Å². The maximum absolute atomic E-state index is 12.2. The van der Waals surface area contributed by atoms with Gasteiger partial charge >= 0.3 is 6.18 Å². The summed E-state index contributed by atoms with van der Waals surface area (Å²) < 4.78 is 36.5. The predicted octanol–water partition coefficient (Wildman–Crippen LogP) is 1.12. The average molecular weight is 220 g/mol. The summed E-state index contributed by atoms with van der Waals surface area (Å²) in [4.78, 5) is 3.69. The lowest BCUT2D eigenvalue weighted by Crippen LogP contribution is -2.32. The van der Waals surface area contributed by atoms with E-state index in [1.54, 1.807) is 0 Å². The third-order valence-corrected chi connectivity index (χ3v) is 1.88. The number of anilines is 1. The van der Waals surface area contributed by atoms with Crippen LogP contribution in [0, 0.1) is 0 Å². The molecular formula is C8H11F3N4. The lowest BCUT2D eigenvalue weighted by Gasteiger charge is -2.18. The second-order valence-electron chi connectivity index (χ2n) is 3.02. The molecule has 0 radical (unpaired) electrons. The van der Waals surface area contributed by atoms with Gasteiger partial charge in [-0.25, -0.2) is 4.98 Å². The topological polar surface area (TPSA) is 77.0 Å². The first kappa shape index (κ1) is 11.7. The summed E-state index contributed by atoms with van der Waals surface area (Å²) in [6.45, 7) is 0. The lowest BCUT2D eigenvalue weighted by atomic mass is 10.1. The predicted molar refractivity (Wildman–Crippen MR) is 49.4 cm³/mol. The molecule has 1 atom stereocenters. The fraction of sp³-hybridized carbons (Fsp3) is 0.375. The Morgan fingerprint density at radius 2 is 2.13 bits per heavy atom. The number of aromatic nitrogens is 1. The molecule has 4 nitrogen and oxygen atoms in total. The minimum atomic E-state index is -4.31. The van der Waals surface area contributed by atoms with Crippen LogP contribution in [0.4, 0.5) is 19.0 Å². The average Bonchev–Trinajstić information content (AvgIpc) is 2.14. The molecule has 1 heterocycles. The summed E-state index contributed by atoms with van der Waals surface area (Å²) in [7, 11) is 0. The van der Waals surface area contributed by atoms with Crippen molar-refractivity contribution >= 4 is 5.82 Å². The highest BCUT2D eigenvalue weighted by molar-refractivity contribution is 5.40. The molecule has 0 spiro atoms. The van der Waals surface area contributed by atoms with Crippen molar-refractivity contribution in [3.63, 3.8) is 0 Å². The number of hydrazine groups is 1. The van der Waals surface area contributed by atoms with Crippen LogP contribution in [0.5, 0.6) is 0 Å². The molecule has 0 amide bonds. The molecule has 1 unspecified atom stereocenters. The SMILES string of the molecule is NNC(CC(F)(F)F)c1cccnc1N. The van der Waals surface area contributed by atoms with Gasteiger partial charge in [0.25, 0.3) is 0 Å². The molecule has 1 aromatic heterocycles. The number of hydrogen-bond donors (Lipinski definition) is 3. The fourth-order valence-electron chi connectivity index (χ4n) is 1.21. The molecule has 0 aliphatic carbocycles. The summed E-state index contributed by atoms with van der Waals surface area (Å²) in [5.74, 6) is 5.09. The molecular weight excluding hydrogens is 209 g/mol. The van der Waals surface area contributed by atoms with Crippen molar-refractivity contribution in [3.05, 3.63) is 23.9 Å². The van der Waals surface area contributed by atoms with Crippen LogP contribution in [0.25, 0.3) is 0 Å². The van der Waals surface area contributed by atoms with Crippen LogP contribution in [0.1, 0.15) is 18.0 Å². The molecule has 1 aromatic rings. The lowest BCUT2D eigenvalue weighted by molar-refractivity contribution is -0.140. The van der Waals surface area contributed by atoms with Crippen molar-refractivity contribution in [2.75, 3.05) is 5.73 Å². The second-order valence-corrected chi connectivity index (χ2v) is 3.02. The molecule has 0 fully saturated rings. The Morgan fingerprint density at radius 3 is 2.60 bits per heavy atom. The zero-order valence-electron chi connectivity index (χ0n) is 7.75. The van der Waals surface area contributed by atoms with Crippen molar-refractivity contribution in [1.82, 2.24) is 10.4 Å². The van der Waals surface area contributed by atoms with Crippen LogP contribution in [0.15, 0.2) is 18.3 Å². The van der Waals surface area contributed by atoms with E-state index in [0.717, 1.165) is 0 Å². The summed E-state index contributed by atoms with van der Waals surface area (Å²) >= 11 is 0. The van der Waals surface area contributed by atoms with Crippen molar-refractivity contribution in [1.29, 1.82) is 0 Å². The van der Waals surface area contributed by atoms with Crippen molar-refractivity contribution in [3.8, 4) is 0 Å². The molecule has 5 N–H and O–H groups in total. The number of nitrogen functional groups attached to an aromatic ring is 1. The molecule has 15 heavy (non-hydrogen) atoms. The van der Waals surface area contributed by atoms with E-state index in [4.69, 9.17) is 11.6 Å². The summed E-state index contributed by atoms with van der Waals surface area (Å²) in [5, 5.41) is 0. The van der Waals surface area contributed by atoms with Crippen LogP contribution in [-0.4, -0.2) is 11.2 Å². The van der Waals surface area contributed by atoms with Crippen LogP contribution < -0.4 is 17.0 Å². The summed E-state index contributed by atoms with van der Waals surface area (Å²) in [6.07, 6.45) is -3.99. The Morgan fingerprint density at radius 1 is 1.47 bits per heavy atom. The van der Waals surface area contributed by atoms with Crippen molar-refractivity contribution < 1.29 is 13.2 Å². The molecule has 0 bridgehead atoms. The number of hydrogen-bond acceptors (Lipinski definition) is 4. The van der Waals surface area contributed by atoms with Crippen LogP contribution in [-0.2, 0) is 0 Å². The van der Waals surface area contributed by atoms with Gasteiger partial charge < -0.3 is 5.73 Å². The monoisotopic (exact) mass is 220 g/mol. The summed E-state index contributed by atoms with van der Waals surface area (Å²) in [6, 6.07) is 1.89. The minimum Gasteiger partial charge on any atom is -0.383 e. The summed E-state index contributed by atoms with van der Waals surface area (Å²) in [5.41, 5.74) is 7.77. The highest BCUT2D eigenvalue weighted by Crippen LogP contribution is 2.30. The van der Waals surface area contributed by atoms with E-state index in [0.29, 0.717) is 0 Å².